The molecule has 2 bridgehead atoms. The fourth-order valence-corrected chi connectivity index (χ4v) is 8.13. The molecule has 370 valence electrons. The first kappa shape index (κ1) is 56.1. The Balaban J connectivity index is 1.84. The van der Waals surface area contributed by atoms with Crippen molar-refractivity contribution >= 4 is 11.9 Å². The van der Waals surface area contributed by atoms with Crippen molar-refractivity contribution < 1.29 is 84.7 Å². The fourth-order valence-electron chi connectivity index (χ4n) is 8.13. The van der Waals surface area contributed by atoms with E-state index < -0.39 is 147 Å². The number of carboxylic acids is 1. The predicted octanol–water partition coefficient (Wildman–Crippen LogP) is 0.936. The van der Waals surface area contributed by atoms with Gasteiger partial charge in [-0.05, 0) is 46.0 Å². The third-order valence-corrected chi connectivity index (χ3v) is 12.2. The van der Waals surface area contributed by atoms with E-state index in [1.54, 1.807) is 38.2 Å². The summed E-state index contributed by atoms with van der Waals surface area (Å²) in [4.78, 5) is 25.1. The molecule has 0 aliphatic carbocycles. The molecule has 3 aliphatic rings. The van der Waals surface area contributed by atoms with Gasteiger partial charge in [0.05, 0.1) is 79.6 Å². The molecule has 0 amide bonds. The molecule has 0 spiro atoms. The first-order chi connectivity index (χ1) is 30.6. The minimum Gasteiger partial charge on any atom is -0.481 e. The second-order valence-electron chi connectivity index (χ2n) is 17.8. The molecule has 18 heteroatoms. The summed E-state index contributed by atoms with van der Waals surface area (Å²) in [5.74, 6) is -6.77. The van der Waals surface area contributed by atoms with Crippen LogP contribution in [0.15, 0.2) is 72.9 Å². The Morgan fingerprint density at radius 3 is 1.97 bits per heavy atom. The number of ether oxygens (including phenoxy) is 4. The van der Waals surface area contributed by atoms with E-state index in [0.29, 0.717) is 0 Å². The van der Waals surface area contributed by atoms with Crippen molar-refractivity contribution in [1.29, 1.82) is 0 Å². The highest BCUT2D eigenvalue weighted by Gasteiger charge is 2.51. The number of aliphatic carboxylic acids is 1. The number of rotatable bonds is 3. The highest BCUT2D eigenvalue weighted by Crippen LogP contribution is 2.38. The summed E-state index contributed by atoms with van der Waals surface area (Å²) >= 11 is 0. The second-order valence-corrected chi connectivity index (χ2v) is 17.8. The van der Waals surface area contributed by atoms with Crippen LogP contribution in [0.3, 0.4) is 0 Å². The Hall–Kier alpha value is -3.18. The number of hydrogen-bond acceptors (Lipinski definition) is 17. The highest BCUT2D eigenvalue weighted by molar-refractivity contribution is 5.71. The Kier molecular flexibility index (Phi) is 23.8. The monoisotopic (exact) mass is 926 g/mol. The van der Waals surface area contributed by atoms with Crippen molar-refractivity contribution in [3.63, 3.8) is 0 Å². The number of allylic oxidation sites excluding steroid dienone is 10. The molecule has 3 aliphatic heterocycles. The minimum absolute atomic E-state index is 0.103. The van der Waals surface area contributed by atoms with Crippen LogP contribution in [-0.4, -0.2) is 166 Å². The van der Waals surface area contributed by atoms with Gasteiger partial charge in [-0.25, -0.2) is 0 Å². The molecule has 3 heterocycles. The van der Waals surface area contributed by atoms with Gasteiger partial charge in [0.15, 0.2) is 12.1 Å². The molecule has 18 nitrogen and oxygen atoms in total. The summed E-state index contributed by atoms with van der Waals surface area (Å²) in [6.45, 7) is 6.78. The molecule has 0 aromatic carbocycles. The van der Waals surface area contributed by atoms with E-state index >= 15 is 0 Å². The lowest BCUT2D eigenvalue weighted by Crippen LogP contribution is -2.61. The van der Waals surface area contributed by atoms with Crippen LogP contribution in [0, 0.1) is 17.8 Å². The van der Waals surface area contributed by atoms with Crippen molar-refractivity contribution in [2.45, 2.75) is 189 Å². The average molecular weight is 926 g/mol. The number of fused-ring (bicyclic) bond motifs is 2. The zero-order chi connectivity index (χ0) is 48.4. The van der Waals surface area contributed by atoms with Crippen LogP contribution < -0.4 is 5.73 Å². The molecule has 3 rings (SSSR count). The van der Waals surface area contributed by atoms with Crippen molar-refractivity contribution in [3.05, 3.63) is 72.9 Å². The maximum Gasteiger partial charge on any atom is 0.311 e. The Morgan fingerprint density at radius 2 is 1.31 bits per heavy atom. The first-order valence-electron chi connectivity index (χ1n) is 22.6. The van der Waals surface area contributed by atoms with Gasteiger partial charge in [0, 0.05) is 37.5 Å². The topological polar surface area (TPSA) is 320 Å². The maximum atomic E-state index is 12.6. The van der Waals surface area contributed by atoms with E-state index in [-0.39, 0.29) is 31.6 Å². The molecule has 0 aromatic heterocycles. The van der Waals surface area contributed by atoms with Crippen molar-refractivity contribution in [3.8, 4) is 0 Å². The number of cyclic esters (lactones) is 1. The van der Waals surface area contributed by atoms with Gasteiger partial charge in [0.25, 0.3) is 0 Å². The molecule has 13 N–H and O–H groups in total. The van der Waals surface area contributed by atoms with Gasteiger partial charge in [0.2, 0.25) is 0 Å². The smallest absolute Gasteiger partial charge is 0.311 e. The summed E-state index contributed by atoms with van der Waals surface area (Å²) in [5.41, 5.74) is 6.02. The molecule has 65 heavy (non-hydrogen) atoms. The van der Waals surface area contributed by atoms with E-state index in [1.165, 1.54) is 13.0 Å². The van der Waals surface area contributed by atoms with E-state index in [9.17, 15) is 65.8 Å². The van der Waals surface area contributed by atoms with Crippen LogP contribution >= 0.6 is 0 Å². The molecule has 2 unspecified atom stereocenters. The molecular formula is C47H75NO17. The zero-order valence-corrected chi connectivity index (χ0v) is 37.8. The maximum absolute atomic E-state index is 12.6. The van der Waals surface area contributed by atoms with Gasteiger partial charge >= 0.3 is 11.9 Å². The summed E-state index contributed by atoms with van der Waals surface area (Å²) in [5, 5.41) is 118. The number of aliphatic hydroxyl groups excluding tert-OH is 9. The number of esters is 1. The summed E-state index contributed by atoms with van der Waals surface area (Å²) in [7, 11) is 0. The average Bonchev–Trinajstić information content (AvgIpc) is 3.21. The van der Waals surface area contributed by atoms with Gasteiger partial charge in [-0.2, -0.15) is 0 Å². The van der Waals surface area contributed by atoms with Gasteiger partial charge in [-0.1, -0.05) is 86.8 Å². The molecule has 19 atom stereocenters. The third kappa shape index (κ3) is 18.8. The quantitative estimate of drug-likeness (QED) is 0.175. The van der Waals surface area contributed by atoms with Crippen molar-refractivity contribution in [2.75, 3.05) is 0 Å². The van der Waals surface area contributed by atoms with Crippen molar-refractivity contribution in [2.24, 2.45) is 23.5 Å². The van der Waals surface area contributed by atoms with Crippen molar-refractivity contribution in [1.82, 2.24) is 0 Å². The molecule has 0 aromatic rings. The normalized spacial score (nSPS) is 45.2. The van der Waals surface area contributed by atoms with Gasteiger partial charge in [-0.3, -0.25) is 9.59 Å². The van der Waals surface area contributed by atoms with E-state index in [2.05, 4.69) is 0 Å². The molecular weight excluding hydrogens is 851 g/mol. The molecule has 2 fully saturated rings. The number of nitrogens with two attached hydrogens (primary N) is 1. The number of carbonyl (C=O) groups excluding carboxylic acids is 1. The lowest BCUT2D eigenvalue weighted by Gasteiger charge is -2.45. The van der Waals surface area contributed by atoms with E-state index in [4.69, 9.17) is 24.7 Å². The van der Waals surface area contributed by atoms with Crippen LogP contribution in [0.25, 0.3) is 0 Å². The number of carbonyl (C=O) groups is 2. The Labute approximate surface area is 381 Å². The second kappa shape index (κ2) is 27.6. The first-order valence-corrected chi connectivity index (χ1v) is 22.6. The lowest BCUT2D eigenvalue weighted by molar-refractivity contribution is -0.308. The van der Waals surface area contributed by atoms with E-state index in [1.807, 2.05) is 49.5 Å². The lowest BCUT2D eigenvalue weighted by atomic mass is 9.82. The Bertz CT molecular complexity index is 1620. The van der Waals surface area contributed by atoms with Gasteiger partial charge in [0.1, 0.15) is 18.1 Å². The highest BCUT2D eigenvalue weighted by atomic mass is 16.7. The largest absolute Gasteiger partial charge is 0.481 e. The van der Waals surface area contributed by atoms with Crippen LogP contribution in [-0.2, 0) is 28.5 Å². The predicted molar refractivity (Wildman–Crippen MR) is 237 cm³/mol. The fraction of sp³-hybridized carbons (Fsp3) is 0.702. The van der Waals surface area contributed by atoms with E-state index in [0.717, 1.165) is 12.8 Å². The molecule has 0 radical (unpaired) electrons. The molecule has 0 saturated carbocycles. The summed E-state index contributed by atoms with van der Waals surface area (Å²) in [6.07, 6.45) is 2.26. The number of aliphatic hydroxyl groups is 10. The number of hydrogen-bond donors (Lipinski definition) is 12. The minimum atomic E-state index is -2.32. The summed E-state index contributed by atoms with van der Waals surface area (Å²) < 4.78 is 23.2. The standard InChI is InChI=1S/C47H75NO17/c1-27-17-15-13-11-9-7-5-6-8-10-12-14-16-18-34(64-46-44(58)41(48)43(57)30(4)63-46)24-38-40(45(59)60)37(54)26-47(61,65-38)25-33(51)22-36(53)35(52)20-19-31(49)21-32(50)23-39(55)62-29(3)28(2)42(27)56/h5-6,8,10-18,27-38,40-44,46,49-54,56-58,61H,7,9,19-26,48H2,1-4H3,(H,59,60)/b6-5-,10-8-,13-11-,14-12-,17-15-,18-16-/t27-,28-,29-,30+,31+,32+,33-,34-,35+,36+,37-,38?,40?,41-,42+,43+,44-,46-,47+/m0/s1. The van der Waals surface area contributed by atoms with Crippen LogP contribution in [0.4, 0.5) is 0 Å². The zero-order valence-electron chi connectivity index (χ0n) is 37.8. The SMILES string of the molecule is C[C@@H]1[C@H](O)[C@@H](C)/C=C\C=C/CC\C=C/C=C\C=C/C=C\[C@H](O[C@@H]2O[C@H](C)[C@@H](O)[C@H](N)[C@@H]2O)CC2O[C@](O)(C[C@@H](O)C[C@@H](O)[C@H](O)CC[C@@H](O)C[C@@H](O)CC(=O)O[C@H]1C)C[C@H](O)C2C(=O)O. The molecule has 2 saturated heterocycles. The van der Waals surface area contributed by atoms with Crippen LogP contribution in [0.5, 0.6) is 0 Å². The van der Waals surface area contributed by atoms with Crippen LogP contribution in [0.1, 0.15) is 91.9 Å². The van der Waals surface area contributed by atoms with Gasteiger partial charge in [-0.15, -0.1) is 0 Å². The van der Waals surface area contributed by atoms with Gasteiger partial charge < -0.3 is 80.9 Å². The Morgan fingerprint density at radius 1 is 0.692 bits per heavy atom. The van der Waals surface area contributed by atoms with Crippen LogP contribution in [0.2, 0.25) is 0 Å². The summed E-state index contributed by atoms with van der Waals surface area (Å²) in [6, 6.07) is -1.14. The number of carboxylic acid groups (broad SMARTS) is 1. The third-order valence-electron chi connectivity index (χ3n) is 12.2.